The summed E-state index contributed by atoms with van der Waals surface area (Å²) in [5.41, 5.74) is 0.213. The Bertz CT molecular complexity index is 435. The first-order valence-corrected chi connectivity index (χ1v) is 6.13. The molecular formula is C13H16ClNO2. The summed E-state index contributed by atoms with van der Waals surface area (Å²) in [6.07, 6.45) is 1.50. The molecule has 2 atom stereocenters. The molecule has 3 nitrogen and oxygen atoms in total. The van der Waals surface area contributed by atoms with E-state index in [0.717, 1.165) is 17.0 Å². The first-order chi connectivity index (χ1) is 8.03. The van der Waals surface area contributed by atoms with Gasteiger partial charge in [0.2, 0.25) is 0 Å². The zero-order valence-electron chi connectivity index (χ0n) is 9.74. The Balaban J connectivity index is 2.24. The van der Waals surface area contributed by atoms with E-state index >= 15 is 0 Å². The predicted molar refractivity (Wildman–Crippen MR) is 67.5 cm³/mol. The Morgan fingerprint density at radius 1 is 1.53 bits per heavy atom. The van der Waals surface area contributed by atoms with E-state index in [-0.39, 0.29) is 5.92 Å². The van der Waals surface area contributed by atoms with E-state index in [0.29, 0.717) is 13.0 Å². The van der Waals surface area contributed by atoms with Gasteiger partial charge in [-0.25, -0.2) is 0 Å². The van der Waals surface area contributed by atoms with E-state index in [9.17, 15) is 9.90 Å². The number of piperidine rings is 1. The summed E-state index contributed by atoms with van der Waals surface area (Å²) in [5, 5.41) is 13.0. The van der Waals surface area contributed by atoms with Gasteiger partial charge in [-0.3, -0.25) is 4.79 Å². The fourth-order valence-corrected chi connectivity index (χ4v) is 2.71. The maximum Gasteiger partial charge on any atom is 0.323 e. The molecule has 4 heteroatoms. The van der Waals surface area contributed by atoms with Crippen molar-refractivity contribution in [3.05, 3.63) is 34.9 Å². The zero-order chi connectivity index (χ0) is 12.5. The molecule has 92 valence electrons. The third-order valence-corrected chi connectivity index (χ3v) is 3.82. The molecule has 0 aromatic heterocycles. The molecule has 17 heavy (non-hydrogen) atoms. The van der Waals surface area contributed by atoms with Gasteiger partial charge in [-0.2, -0.15) is 0 Å². The largest absolute Gasteiger partial charge is 0.480 e. The Morgan fingerprint density at radius 2 is 2.24 bits per heavy atom. The van der Waals surface area contributed by atoms with Crippen molar-refractivity contribution in [1.82, 2.24) is 5.32 Å². The van der Waals surface area contributed by atoms with Crippen LogP contribution in [0.4, 0.5) is 0 Å². The van der Waals surface area contributed by atoms with Crippen LogP contribution < -0.4 is 5.32 Å². The van der Waals surface area contributed by atoms with Gasteiger partial charge in [0.1, 0.15) is 5.54 Å². The van der Waals surface area contributed by atoms with Gasteiger partial charge >= 0.3 is 5.97 Å². The second-order valence-electron chi connectivity index (χ2n) is 4.78. The maximum atomic E-state index is 11.2. The van der Waals surface area contributed by atoms with E-state index in [4.69, 9.17) is 11.6 Å². The van der Waals surface area contributed by atoms with Gasteiger partial charge in [-0.05, 0) is 43.9 Å². The lowest BCUT2D eigenvalue weighted by Crippen LogP contribution is -2.53. The van der Waals surface area contributed by atoms with Crippen LogP contribution in [0.2, 0.25) is 5.02 Å². The zero-order valence-corrected chi connectivity index (χ0v) is 10.5. The molecule has 1 aromatic carbocycles. The quantitative estimate of drug-likeness (QED) is 0.852. The van der Waals surface area contributed by atoms with Crippen molar-refractivity contribution >= 4 is 17.6 Å². The number of rotatable bonds is 2. The smallest absolute Gasteiger partial charge is 0.323 e. The normalized spacial score (nSPS) is 28.9. The van der Waals surface area contributed by atoms with Crippen molar-refractivity contribution < 1.29 is 9.90 Å². The average Bonchev–Trinajstić information content (AvgIpc) is 2.29. The lowest BCUT2D eigenvalue weighted by atomic mass is 9.79. The molecule has 0 bridgehead atoms. The van der Waals surface area contributed by atoms with Gasteiger partial charge in [-0.1, -0.05) is 29.8 Å². The van der Waals surface area contributed by atoms with Gasteiger partial charge < -0.3 is 10.4 Å². The molecule has 2 rings (SSSR count). The first kappa shape index (κ1) is 12.4. The SMILES string of the molecule is CC1(C(=O)O)CC(c2ccccc2Cl)CCN1. The topological polar surface area (TPSA) is 49.3 Å². The highest BCUT2D eigenvalue weighted by Crippen LogP contribution is 2.36. The molecule has 0 aliphatic carbocycles. The van der Waals surface area contributed by atoms with Crippen LogP contribution in [0.5, 0.6) is 0 Å². The first-order valence-electron chi connectivity index (χ1n) is 5.76. The Hall–Kier alpha value is -1.06. The summed E-state index contributed by atoms with van der Waals surface area (Å²) in [6.45, 7) is 2.44. The van der Waals surface area contributed by atoms with Gasteiger partial charge in [0.25, 0.3) is 0 Å². The van der Waals surface area contributed by atoms with E-state index in [1.54, 1.807) is 6.92 Å². The number of aliphatic carboxylic acids is 1. The van der Waals surface area contributed by atoms with E-state index < -0.39 is 11.5 Å². The number of hydrogen-bond donors (Lipinski definition) is 2. The highest BCUT2D eigenvalue weighted by atomic mass is 35.5. The van der Waals surface area contributed by atoms with Crippen molar-refractivity contribution in [2.45, 2.75) is 31.2 Å². The summed E-state index contributed by atoms with van der Waals surface area (Å²) in [7, 11) is 0. The van der Waals surface area contributed by atoms with Crippen molar-refractivity contribution in [2.24, 2.45) is 0 Å². The van der Waals surface area contributed by atoms with E-state index in [1.165, 1.54) is 0 Å². The Morgan fingerprint density at radius 3 is 2.88 bits per heavy atom. The molecule has 0 spiro atoms. The molecule has 1 aliphatic rings. The van der Waals surface area contributed by atoms with Crippen molar-refractivity contribution in [3.63, 3.8) is 0 Å². The number of halogens is 1. The summed E-state index contributed by atoms with van der Waals surface area (Å²) in [4.78, 5) is 11.2. The third kappa shape index (κ3) is 2.45. The van der Waals surface area contributed by atoms with E-state index in [1.807, 2.05) is 24.3 Å². The van der Waals surface area contributed by atoms with Crippen LogP contribution in [-0.4, -0.2) is 23.2 Å². The number of carboxylic acids is 1. The van der Waals surface area contributed by atoms with Crippen LogP contribution in [-0.2, 0) is 4.79 Å². The molecular weight excluding hydrogens is 238 g/mol. The molecule has 0 saturated carbocycles. The fraction of sp³-hybridized carbons (Fsp3) is 0.462. The van der Waals surface area contributed by atoms with Gasteiger partial charge in [-0.15, -0.1) is 0 Å². The molecule has 1 saturated heterocycles. The maximum absolute atomic E-state index is 11.2. The summed E-state index contributed by atoms with van der Waals surface area (Å²) < 4.78 is 0. The molecule has 2 N–H and O–H groups in total. The molecule has 2 unspecified atom stereocenters. The monoisotopic (exact) mass is 253 g/mol. The van der Waals surface area contributed by atoms with Crippen LogP contribution in [0.15, 0.2) is 24.3 Å². The number of carboxylic acid groups (broad SMARTS) is 1. The predicted octanol–water partition coefficient (Wildman–Crippen LogP) is 2.65. The number of hydrogen-bond acceptors (Lipinski definition) is 2. The number of carbonyl (C=O) groups is 1. The van der Waals surface area contributed by atoms with Crippen LogP contribution in [0.1, 0.15) is 31.2 Å². The lowest BCUT2D eigenvalue weighted by Gasteiger charge is -2.36. The van der Waals surface area contributed by atoms with Crippen molar-refractivity contribution in [1.29, 1.82) is 0 Å². The summed E-state index contributed by atoms with van der Waals surface area (Å²) in [5.74, 6) is -0.583. The minimum absolute atomic E-state index is 0.214. The molecule has 0 amide bonds. The molecule has 1 aromatic rings. The third-order valence-electron chi connectivity index (χ3n) is 3.48. The molecule has 1 aliphatic heterocycles. The number of nitrogens with one attached hydrogen (secondary N) is 1. The van der Waals surface area contributed by atoms with Crippen LogP contribution in [0.25, 0.3) is 0 Å². The molecule has 0 radical (unpaired) electrons. The Labute approximate surface area is 106 Å². The standard InChI is InChI=1S/C13H16ClNO2/c1-13(12(16)17)8-9(6-7-15-13)10-4-2-3-5-11(10)14/h2-5,9,15H,6-8H2,1H3,(H,16,17). The second-order valence-corrected chi connectivity index (χ2v) is 5.18. The summed E-state index contributed by atoms with van der Waals surface area (Å²) >= 11 is 6.16. The highest BCUT2D eigenvalue weighted by molar-refractivity contribution is 6.31. The average molecular weight is 254 g/mol. The van der Waals surface area contributed by atoms with Gasteiger partial charge in [0.05, 0.1) is 0 Å². The number of benzene rings is 1. The van der Waals surface area contributed by atoms with Crippen molar-refractivity contribution in [2.75, 3.05) is 6.54 Å². The fourth-order valence-electron chi connectivity index (χ4n) is 2.42. The second kappa shape index (κ2) is 4.67. The lowest BCUT2D eigenvalue weighted by molar-refractivity contribution is -0.145. The Kier molecular flexibility index (Phi) is 3.40. The minimum atomic E-state index is -0.845. The highest BCUT2D eigenvalue weighted by Gasteiger charge is 2.39. The van der Waals surface area contributed by atoms with Crippen LogP contribution >= 0.6 is 11.6 Å². The van der Waals surface area contributed by atoms with Crippen molar-refractivity contribution in [3.8, 4) is 0 Å². The van der Waals surface area contributed by atoms with Gasteiger partial charge in [0.15, 0.2) is 0 Å². The molecule has 1 fully saturated rings. The molecule has 1 heterocycles. The van der Waals surface area contributed by atoms with E-state index in [2.05, 4.69) is 5.32 Å². The summed E-state index contributed by atoms with van der Waals surface area (Å²) in [6, 6.07) is 7.68. The minimum Gasteiger partial charge on any atom is -0.480 e. The van der Waals surface area contributed by atoms with Crippen LogP contribution in [0.3, 0.4) is 0 Å². The van der Waals surface area contributed by atoms with Gasteiger partial charge in [0, 0.05) is 5.02 Å². The van der Waals surface area contributed by atoms with Crippen LogP contribution in [0, 0.1) is 0 Å².